The first-order chi connectivity index (χ1) is 11.3. The number of ether oxygens (including phenoxy) is 1. The third-order valence-electron chi connectivity index (χ3n) is 5.20. The number of benzene rings is 1. The number of piperazine rings is 1. The summed E-state index contributed by atoms with van der Waals surface area (Å²) in [6.07, 6.45) is 2.94. The topological polar surface area (TPSA) is 33.5 Å². The van der Waals surface area contributed by atoms with Crippen LogP contribution in [-0.2, 0) is 18.3 Å². The second-order valence-electron chi connectivity index (χ2n) is 6.79. The fraction of sp³-hybridized carbons (Fsp3) is 0.611. The van der Waals surface area contributed by atoms with E-state index in [9.17, 15) is 0 Å². The molecule has 2 saturated heterocycles. The Morgan fingerprint density at radius 1 is 1.13 bits per heavy atom. The lowest BCUT2D eigenvalue weighted by Gasteiger charge is -2.35. The zero-order valence-electron chi connectivity index (χ0n) is 13.9. The molecule has 0 bridgehead atoms. The van der Waals surface area contributed by atoms with Gasteiger partial charge in [-0.05, 0) is 25.0 Å². The lowest BCUT2D eigenvalue weighted by atomic mass is 10.2. The van der Waals surface area contributed by atoms with E-state index in [1.807, 2.05) is 0 Å². The lowest BCUT2D eigenvalue weighted by Crippen LogP contribution is -2.48. The molecule has 2 fully saturated rings. The van der Waals surface area contributed by atoms with Crippen LogP contribution in [0.5, 0.6) is 0 Å². The second kappa shape index (κ2) is 6.59. The summed E-state index contributed by atoms with van der Waals surface area (Å²) in [5.41, 5.74) is 2.32. The molecule has 4 rings (SSSR count). The number of imidazole rings is 1. The van der Waals surface area contributed by atoms with E-state index in [4.69, 9.17) is 9.72 Å². The third-order valence-corrected chi connectivity index (χ3v) is 5.20. The van der Waals surface area contributed by atoms with Gasteiger partial charge in [0.1, 0.15) is 5.82 Å². The first-order valence-electron chi connectivity index (χ1n) is 8.76. The molecule has 3 heterocycles. The van der Waals surface area contributed by atoms with Crippen molar-refractivity contribution in [2.24, 2.45) is 7.05 Å². The summed E-state index contributed by atoms with van der Waals surface area (Å²) in [5, 5.41) is 0. The van der Waals surface area contributed by atoms with Gasteiger partial charge in [-0.25, -0.2) is 4.98 Å². The van der Waals surface area contributed by atoms with Gasteiger partial charge in [-0.2, -0.15) is 0 Å². The van der Waals surface area contributed by atoms with Crippen molar-refractivity contribution in [1.29, 1.82) is 0 Å². The molecule has 1 aromatic heterocycles. The fourth-order valence-electron chi connectivity index (χ4n) is 3.74. The van der Waals surface area contributed by atoms with Crippen LogP contribution in [0.25, 0.3) is 11.0 Å². The molecular weight excluding hydrogens is 288 g/mol. The normalized spacial score (nSPS) is 23.8. The van der Waals surface area contributed by atoms with Crippen LogP contribution >= 0.6 is 0 Å². The van der Waals surface area contributed by atoms with Crippen LogP contribution in [0.1, 0.15) is 18.7 Å². The summed E-state index contributed by atoms with van der Waals surface area (Å²) < 4.78 is 7.99. The fourth-order valence-corrected chi connectivity index (χ4v) is 3.74. The number of rotatable bonds is 4. The maximum atomic E-state index is 5.76. The zero-order valence-corrected chi connectivity index (χ0v) is 13.9. The highest BCUT2D eigenvalue weighted by atomic mass is 16.5. The number of aromatic nitrogens is 2. The average molecular weight is 314 g/mol. The molecule has 2 aliphatic heterocycles. The van der Waals surface area contributed by atoms with Crippen LogP contribution in [0.15, 0.2) is 24.3 Å². The summed E-state index contributed by atoms with van der Waals surface area (Å²) >= 11 is 0. The molecule has 5 heteroatoms. The Hall–Kier alpha value is -1.43. The summed E-state index contributed by atoms with van der Waals surface area (Å²) in [7, 11) is 2.12. The maximum Gasteiger partial charge on any atom is 0.123 e. The molecule has 0 aliphatic carbocycles. The minimum atomic E-state index is 0.474. The lowest BCUT2D eigenvalue weighted by molar-refractivity contribution is 0.0483. The molecule has 23 heavy (non-hydrogen) atoms. The van der Waals surface area contributed by atoms with E-state index in [1.54, 1.807) is 0 Å². The van der Waals surface area contributed by atoms with Crippen LogP contribution in [0.2, 0.25) is 0 Å². The van der Waals surface area contributed by atoms with E-state index in [0.29, 0.717) is 6.10 Å². The van der Waals surface area contributed by atoms with Crippen LogP contribution in [0, 0.1) is 0 Å². The molecule has 2 aliphatic rings. The summed E-state index contributed by atoms with van der Waals surface area (Å²) in [5.74, 6) is 1.17. The van der Waals surface area contributed by atoms with E-state index in [1.165, 1.54) is 24.2 Å². The van der Waals surface area contributed by atoms with Gasteiger partial charge in [-0.3, -0.25) is 9.80 Å². The average Bonchev–Trinajstić information content (AvgIpc) is 3.19. The van der Waals surface area contributed by atoms with Crippen LogP contribution in [-0.4, -0.2) is 64.8 Å². The van der Waals surface area contributed by atoms with Gasteiger partial charge in [0.2, 0.25) is 0 Å². The maximum absolute atomic E-state index is 5.76. The number of fused-ring (bicyclic) bond motifs is 1. The van der Waals surface area contributed by atoms with Gasteiger partial charge in [-0.15, -0.1) is 0 Å². The molecule has 0 saturated carbocycles. The smallest absolute Gasteiger partial charge is 0.123 e. The van der Waals surface area contributed by atoms with E-state index in [0.717, 1.165) is 51.4 Å². The van der Waals surface area contributed by atoms with Gasteiger partial charge in [0.05, 0.1) is 23.7 Å². The standard InChI is InChI=1S/C18H26N4O/c1-20-17-7-3-2-6-16(17)19-18(20)14-22-10-8-21(9-11-22)13-15-5-4-12-23-15/h2-3,6-7,15H,4-5,8-14H2,1H3/t15-/m0/s1. The van der Waals surface area contributed by atoms with Crippen molar-refractivity contribution in [2.75, 3.05) is 39.3 Å². The van der Waals surface area contributed by atoms with Gasteiger partial charge < -0.3 is 9.30 Å². The highest BCUT2D eigenvalue weighted by Gasteiger charge is 2.23. The number of aryl methyl sites for hydroxylation is 1. The van der Waals surface area contributed by atoms with Gasteiger partial charge in [0.25, 0.3) is 0 Å². The zero-order chi connectivity index (χ0) is 15.6. The van der Waals surface area contributed by atoms with Crippen LogP contribution < -0.4 is 0 Å². The molecular formula is C18H26N4O. The molecule has 0 spiro atoms. The number of hydrogen-bond acceptors (Lipinski definition) is 4. The second-order valence-corrected chi connectivity index (χ2v) is 6.79. The quantitative estimate of drug-likeness (QED) is 0.863. The monoisotopic (exact) mass is 314 g/mol. The minimum absolute atomic E-state index is 0.474. The number of para-hydroxylation sites is 2. The van der Waals surface area contributed by atoms with Gasteiger partial charge in [-0.1, -0.05) is 12.1 Å². The number of nitrogens with zero attached hydrogens (tertiary/aromatic N) is 4. The predicted octanol–water partition coefficient (Wildman–Crippen LogP) is 1.87. The largest absolute Gasteiger partial charge is 0.377 e. The van der Waals surface area contributed by atoms with Crippen molar-refractivity contribution in [3.8, 4) is 0 Å². The van der Waals surface area contributed by atoms with Gasteiger partial charge in [0.15, 0.2) is 0 Å². The van der Waals surface area contributed by atoms with Crippen LogP contribution in [0.3, 0.4) is 0 Å². The Morgan fingerprint density at radius 3 is 2.65 bits per heavy atom. The SMILES string of the molecule is Cn1c(CN2CCN(C[C@@H]3CCCO3)CC2)nc2ccccc21. The Labute approximate surface area is 137 Å². The molecule has 2 aromatic rings. The van der Waals surface area contributed by atoms with Crippen molar-refractivity contribution in [1.82, 2.24) is 19.4 Å². The summed E-state index contributed by atoms with van der Waals surface area (Å²) in [6, 6.07) is 8.38. The Balaban J connectivity index is 1.34. The summed E-state index contributed by atoms with van der Waals surface area (Å²) in [4.78, 5) is 9.87. The van der Waals surface area contributed by atoms with Crippen molar-refractivity contribution in [2.45, 2.75) is 25.5 Å². The molecule has 0 radical (unpaired) electrons. The first kappa shape index (κ1) is 15.1. The van der Waals surface area contributed by atoms with E-state index in [2.05, 4.69) is 45.7 Å². The highest BCUT2D eigenvalue weighted by Crippen LogP contribution is 2.17. The molecule has 0 amide bonds. The van der Waals surface area contributed by atoms with Crippen LogP contribution in [0.4, 0.5) is 0 Å². The molecule has 1 atom stereocenters. The molecule has 5 nitrogen and oxygen atoms in total. The van der Waals surface area contributed by atoms with Gasteiger partial charge in [0, 0.05) is 46.4 Å². The van der Waals surface area contributed by atoms with Crippen molar-refractivity contribution in [3.05, 3.63) is 30.1 Å². The first-order valence-corrected chi connectivity index (χ1v) is 8.76. The minimum Gasteiger partial charge on any atom is -0.377 e. The third kappa shape index (κ3) is 3.27. The predicted molar refractivity (Wildman–Crippen MR) is 91.4 cm³/mol. The van der Waals surface area contributed by atoms with E-state index < -0.39 is 0 Å². The summed E-state index contributed by atoms with van der Waals surface area (Å²) in [6.45, 7) is 7.54. The van der Waals surface area contributed by atoms with E-state index in [-0.39, 0.29) is 0 Å². The van der Waals surface area contributed by atoms with Crippen molar-refractivity contribution in [3.63, 3.8) is 0 Å². The van der Waals surface area contributed by atoms with Crippen molar-refractivity contribution < 1.29 is 4.74 Å². The molecule has 124 valence electrons. The molecule has 0 unspecified atom stereocenters. The number of hydrogen-bond donors (Lipinski definition) is 0. The molecule has 1 aromatic carbocycles. The highest BCUT2D eigenvalue weighted by molar-refractivity contribution is 5.75. The van der Waals surface area contributed by atoms with Gasteiger partial charge >= 0.3 is 0 Å². The van der Waals surface area contributed by atoms with Crippen molar-refractivity contribution >= 4 is 11.0 Å². The molecule has 0 N–H and O–H groups in total. The Morgan fingerprint density at radius 2 is 1.91 bits per heavy atom. The Bertz CT molecular complexity index is 654. The van der Waals surface area contributed by atoms with E-state index >= 15 is 0 Å². The Kier molecular flexibility index (Phi) is 4.33.